The first-order chi connectivity index (χ1) is 18.9. The van der Waals surface area contributed by atoms with Gasteiger partial charge in [0.2, 0.25) is 11.7 Å². The number of pyridine rings is 1. The van der Waals surface area contributed by atoms with E-state index in [2.05, 4.69) is 15.6 Å². The van der Waals surface area contributed by atoms with Crippen molar-refractivity contribution in [3.8, 4) is 11.5 Å². The first-order valence-corrected chi connectivity index (χ1v) is 11.9. The maximum Gasteiger partial charge on any atom is 0.311 e. The third-order valence-electron chi connectivity index (χ3n) is 5.54. The Morgan fingerprint density at radius 3 is 1.93 bits per heavy atom. The Labute approximate surface area is 227 Å². The van der Waals surface area contributed by atoms with E-state index in [1.807, 2.05) is 0 Å². The van der Waals surface area contributed by atoms with Crippen LogP contribution in [-0.2, 0) is 9.59 Å². The van der Waals surface area contributed by atoms with Crippen LogP contribution in [-0.4, -0.2) is 35.9 Å². The highest BCUT2D eigenvalue weighted by Crippen LogP contribution is 2.31. The Bertz CT molecular complexity index is 1400. The molecule has 3 aromatic rings. The molecule has 0 spiro atoms. The lowest BCUT2D eigenvalue weighted by Crippen LogP contribution is -2.44. The van der Waals surface area contributed by atoms with Gasteiger partial charge in [-0.2, -0.15) is 0 Å². The molecule has 210 valence electrons. The molecule has 0 aliphatic heterocycles. The van der Waals surface area contributed by atoms with Crippen LogP contribution in [0.3, 0.4) is 0 Å². The van der Waals surface area contributed by atoms with Crippen molar-refractivity contribution in [2.45, 2.75) is 33.2 Å². The number of benzene rings is 2. The molecule has 0 radical (unpaired) electrons. The minimum atomic E-state index is -1.22. The van der Waals surface area contributed by atoms with E-state index in [0.29, 0.717) is 12.1 Å². The summed E-state index contributed by atoms with van der Waals surface area (Å²) in [7, 11) is 1.30. The predicted molar refractivity (Wildman–Crippen MR) is 136 cm³/mol. The second-order valence-corrected chi connectivity index (χ2v) is 8.52. The van der Waals surface area contributed by atoms with Gasteiger partial charge in [-0.05, 0) is 49.2 Å². The number of carbonyl (C=O) groups excluding carboxylic acids is 3. The van der Waals surface area contributed by atoms with Crippen molar-refractivity contribution in [3.63, 3.8) is 0 Å². The van der Waals surface area contributed by atoms with Crippen LogP contribution in [0.4, 0.5) is 17.6 Å². The first kappa shape index (κ1) is 29.8. The van der Waals surface area contributed by atoms with E-state index in [0.717, 1.165) is 24.3 Å². The second kappa shape index (κ2) is 12.9. The molecule has 0 saturated heterocycles. The fourth-order valence-corrected chi connectivity index (χ4v) is 3.72. The van der Waals surface area contributed by atoms with Gasteiger partial charge in [0.05, 0.1) is 7.11 Å². The van der Waals surface area contributed by atoms with Crippen molar-refractivity contribution in [1.82, 2.24) is 15.6 Å². The Morgan fingerprint density at radius 1 is 0.925 bits per heavy atom. The van der Waals surface area contributed by atoms with Gasteiger partial charge < -0.3 is 20.1 Å². The summed E-state index contributed by atoms with van der Waals surface area (Å²) in [6.45, 7) is 4.25. The number of ether oxygens (including phenoxy) is 2. The summed E-state index contributed by atoms with van der Waals surface area (Å²) in [6.07, 6.45) is 1.26. The van der Waals surface area contributed by atoms with Crippen LogP contribution >= 0.6 is 0 Å². The van der Waals surface area contributed by atoms with Gasteiger partial charge in [-0.25, -0.2) is 22.5 Å². The molecule has 1 atom stereocenters. The van der Waals surface area contributed by atoms with E-state index in [9.17, 15) is 31.9 Å². The maximum atomic E-state index is 14.0. The van der Waals surface area contributed by atoms with Crippen LogP contribution in [0.2, 0.25) is 0 Å². The largest absolute Gasteiger partial charge is 0.493 e. The van der Waals surface area contributed by atoms with E-state index < -0.39 is 47.1 Å². The number of rotatable bonds is 9. The third-order valence-corrected chi connectivity index (χ3v) is 5.54. The summed E-state index contributed by atoms with van der Waals surface area (Å²) >= 11 is 0. The monoisotopic (exact) mass is 559 g/mol. The number of amides is 2. The fraction of sp³-hybridized carbons (Fsp3) is 0.214. The smallest absolute Gasteiger partial charge is 0.311 e. The molecule has 0 aliphatic carbocycles. The summed E-state index contributed by atoms with van der Waals surface area (Å²) in [4.78, 5) is 41.7. The van der Waals surface area contributed by atoms with E-state index in [4.69, 9.17) is 9.47 Å². The zero-order chi connectivity index (χ0) is 29.6. The molecule has 3 rings (SSSR count). The number of aromatic nitrogens is 1. The summed E-state index contributed by atoms with van der Waals surface area (Å²) in [5.74, 6) is -6.28. The van der Waals surface area contributed by atoms with Crippen LogP contribution in [0.25, 0.3) is 5.57 Å². The Hall–Kier alpha value is -4.74. The Morgan fingerprint density at radius 2 is 1.45 bits per heavy atom. The quantitative estimate of drug-likeness (QED) is 0.292. The number of nitrogens with one attached hydrogen (secondary N) is 2. The minimum Gasteiger partial charge on any atom is -0.493 e. The molecule has 2 amide bonds. The number of hydrogen-bond donors (Lipinski definition) is 2. The molecule has 0 unspecified atom stereocenters. The average Bonchev–Trinajstić information content (AvgIpc) is 2.87. The Balaban J connectivity index is 1.93. The van der Waals surface area contributed by atoms with Crippen molar-refractivity contribution < 1.29 is 41.4 Å². The SMILES string of the molecule is CCC(=O)Oc1c(OC)ccnc1C(=O)N[C@@H](C)C(=O)NC(C)=C(c1cc(F)cc(F)c1)c1cc(F)cc(F)c1. The summed E-state index contributed by atoms with van der Waals surface area (Å²) in [5, 5.41) is 4.91. The van der Waals surface area contributed by atoms with Crippen LogP contribution in [0.1, 0.15) is 48.8 Å². The molecule has 8 nitrogen and oxygen atoms in total. The normalized spacial score (nSPS) is 11.3. The van der Waals surface area contributed by atoms with E-state index in [1.165, 1.54) is 33.2 Å². The van der Waals surface area contributed by atoms with Gasteiger partial charge in [-0.1, -0.05) is 6.92 Å². The molecular weight excluding hydrogens is 534 g/mol. The van der Waals surface area contributed by atoms with Gasteiger partial charge in [0.1, 0.15) is 29.3 Å². The van der Waals surface area contributed by atoms with Gasteiger partial charge >= 0.3 is 5.97 Å². The molecule has 2 N–H and O–H groups in total. The highest BCUT2D eigenvalue weighted by Gasteiger charge is 2.25. The number of esters is 1. The molecule has 0 saturated carbocycles. The fourth-order valence-electron chi connectivity index (χ4n) is 3.72. The molecule has 0 aliphatic rings. The number of carbonyl (C=O) groups is 3. The number of allylic oxidation sites excluding steroid dienone is 1. The third kappa shape index (κ3) is 7.22. The summed E-state index contributed by atoms with van der Waals surface area (Å²) in [5.41, 5.74) is -0.593. The highest BCUT2D eigenvalue weighted by molar-refractivity contribution is 5.99. The van der Waals surface area contributed by atoms with Crippen LogP contribution < -0.4 is 20.1 Å². The molecule has 1 aromatic heterocycles. The Kier molecular flexibility index (Phi) is 9.59. The first-order valence-electron chi connectivity index (χ1n) is 11.9. The molecule has 1 heterocycles. The van der Waals surface area contributed by atoms with Gasteiger partial charge in [0, 0.05) is 42.1 Å². The number of methoxy groups -OCH3 is 1. The molecule has 0 bridgehead atoms. The average molecular weight is 560 g/mol. The molecular formula is C28H25F4N3O5. The second-order valence-electron chi connectivity index (χ2n) is 8.52. The van der Waals surface area contributed by atoms with Gasteiger partial charge in [-0.3, -0.25) is 14.4 Å². The molecule has 12 heteroatoms. The summed E-state index contributed by atoms with van der Waals surface area (Å²) < 4.78 is 66.4. The molecule has 2 aromatic carbocycles. The molecule has 40 heavy (non-hydrogen) atoms. The van der Waals surface area contributed by atoms with E-state index in [1.54, 1.807) is 6.92 Å². The molecule has 0 fully saturated rings. The maximum absolute atomic E-state index is 14.0. The van der Waals surface area contributed by atoms with Crippen molar-refractivity contribution in [3.05, 3.63) is 94.4 Å². The van der Waals surface area contributed by atoms with Gasteiger partial charge in [0.15, 0.2) is 11.4 Å². The highest BCUT2D eigenvalue weighted by atomic mass is 19.1. The standard InChI is InChI=1S/C28H25F4N3O5/c1-5-23(36)40-26-22(39-4)6-7-33-25(26)28(38)35-15(3)27(37)34-14(2)24(16-8-18(29)12-19(30)9-16)17-10-20(31)13-21(32)11-17/h6-13,15H,5H2,1-4H3,(H,34,37)(H,35,38)/t15-/m0/s1. The minimum absolute atomic E-state index is 0.0102. The van der Waals surface area contributed by atoms with Crippen molar-refractivity contribution >= 4 is 23.4 Å². The lowest BCUT2D eigenvalue weighted by atomic mass is 9.95. The number of nitrogens with zero attached hydrogens (tertiary/aromatic N) is 1. The van der Waals surface area contributed by atoms with Crippen LogP contribution in [0, 0.1) is 23.3 Å². The predicted octanol–water partition coefficient (Wildman–Crippen LogP) is 4.68. The van der Waals surface area contributed by atoms with E-state index in [-0.39, 0.29) is 46.0 Å². The van der Waals surface area contributed by atoms with E-state index >= 15 is 0 Å². The lowest BCUT2D eigenvalue weighted by Gasteiger charge is -2.19. The zero-order valence-electron chi connectivity index (χ0n) is 21.9. The number of halogens is 4. The lowest BCUT2D eigenvalue weighted by molar-refractivity contribution is -0.134. The zero-order valence-corrected chi connectivity index (χ0v) is 21.9. The van der Waals surface area contributed by atoms with Crippen molar-refractivity contribution in [2.24, 2.45) is 0 Å². The van der Waals surface area contributed by atoms with Gasteiger partial charge in [0.25, 0.3) is 5.91 Å². The van der Waals surface area contributed by atoms with Crippen molar-refractivity contribution in [1.29, 1.82) is 0 Å². The van der Waals surface area contributed by atoms with Crippen LogP contribution in [0.5, 0.6) is 11.5 Å². The topological polar surface area (TPSA) is 107 Å². The van der Waals surface area contributed by atoms with Gasteiger partial charge in [-0.15, -0.1) is 0 Å². The number of hydrogen-bond acceptors (Lipinski definition) is 6. The summed E-state index contributed by atoms with van der Waals surface area (Å²) in [6, 6.07) is 5.16. The van der Waals surface area contributed by atoms with Crippen molar-refractivity contribution in [2.75, 3.05) is 7.11 Å². The van der Waals surface area contributed by atoms with Crippen LogP contribution in [0.15, 0.2) is 54.4 Å².